The lowest BCUT2D eigenvalue weighted by Gasteiger charge is -2.15. The van der Waals surface area contributed by atoms with Crippen LogP contribution in [0.25, 0.3) is 0 Å². The van der Waals surface area contributed by atoms with Gasteiger partial charge in [-0.3, -0.25) is 5.32 Å². The lowest BCUT2D eigenvalue weighted by atomic mass is 10.2. The molecule has 1 saturated heterocycles. The molecule has 0 radical (unpaired) electrons. The van der Waals surface area contributed by atoms with Gasteiger partial charge in [-0.1, -0.05) is 6.92 Å². The molecule has 0 aliphatic carbocycles. The number of hydrogen-bond donors (Lipinski definition) is 2. The first-order valence-electron chi connectivity index (χ1n) is 7.28. The van der Waals surface area contributed by atoms with Gasteiger partial charge in [-0.15, -0.1) is 0 Å². The number of nitrogens with zero attached hydrogens (tertiary/aromatic N) is 2. The minimum absolute atomic E-state index is 0.129. The van der Waals surface area contributed by atoms with Gasteiger partial charge >= 0.3 is 6.03 Å². The highest BCUT2D eigenvalue weighted by atomic mass is 32.2. The third-order valence-electron chi connectivity index (χ3n) is 3.62. The third-order valence-corrected chi connectivity index (χ3v) is 4.73. The van der Waals surface area contributed by atoms with E-state index in [1.165, 1.54) is 24.8 Å². The maximum Gasteiger partial charge on any atom is 0.320 e. The van der Waals surface area contributed by atoms with E-state index in [4.69, 9.17) is 0 Å². The standard InChI is InChI=1S/C14H22N4O3S/c1-11-4-7-18(10-11)8-6-16-14(19)17-13-9-12(3-5-15-13)22(2,20)21/h3,5,9,11H,4,6-8,10H2,1-2H3,(H2,15,16,17,19). The van der Waals surface area contributed by atoms with Crippen LogP contribution in [0.15, 0.2) is 23.2 Å². The van der Waals surface area contributed by atoms with Gasteiger partial charge in [0.15, 0.2) is 9.84 Å². The summed E-state index contributed by atoms with van der Waals surface area (Å²) in [5.74, 6) is 0.937. The van der Waals surface area contributed by atoms with Crippen molar-refractivity contribution in [2.24, 2.45) is 5.92 Å². The lowest BCUT2D eigenvalue weighted by molar-refractivity contribution is 0.249. The van der Waals surface area contributed by atoms with Crippen molar-refractivity contribution in [2.75, 3.05) is 37.8 Å². The van der Waals surface area contributed by atoms with Crippen LogP contribution in [0, 0.1) is 5.92 Å². The molecule has 2 N–H and O–H groups in total. The molecular weight excluding hydrogens is 304 g/mol. The van der Waals surface area contributed by atoms with Crippen molar-refractivity contribution in [3.8, 4) is 0 Å². The summed E-state index contributed by atoms with van der Waals surface area (Å²) in [6.45, 7) is 5.73. The van der Waals surface area contributed by atoms with Gasteiger partial charge in [-0.2, -0.15) is 0 Å². The second-order valence-electron chi connectivity index (χ2n) is 5.72. The Hall–Kier alpha value is -1.67. The Morgan fingerprint density at radius 3 is 2.91 bits per heavy atom. The van der Waals surface area contributed by atoms with E-state index in [0.29, 0.717) is 6.54 Å². The number of rotatable bonds is 5. The summed E-state index contributed by atoms with van der Waals surface area (Å²) in [6, 6.07) is 2.36. The summed E-state index contributed by atoms with van der Waals surface area (Å²) >= 11 is 0. The molecule has 1 atom stereocenters. The molecule has 22 heavy (non-hydrogen) atoms. The number of likely N-dealkylation sites (tertiary alicyclic amines) is 1. The molecule has 0 aromatic carbocycles. The molecule has 1 aliphatic heterocycles. The fourth-order valence-corrected chi connectivity index (χ4v) is 3.06. The Morgan fingerprint density at radius 1 is 1.50 bits per heavy atom. The van der Waals surface area contributed by atoms with Crippen molar-refractivity contribution >= 4 is 21.7 Å². The van der Waals surface area contributed by atoms with E-state index in [2.05, 4.69) is 27.4 Å². The largest absolute Gasteiger partial charge is 0.337 e. The van der Waals surface area contributed by atoms with Gasteiger partial charge in [0.1, 0.15) is 5.82 Å². The number of sulfone groups is 1. The Morgan fingerprint density at radius 2 is 2.27 bits per heavy atom. The summed E-state index contributed by atoms with van der Waals surface area (Å²) in [6.07, 6.45) is 3.68. The van der Waals surface area contributed by atoms with Crippen LogP contribution in [0.4, 0.5) is 10.6 Å². The molecular formula is C14H22N4O3S. The number of pyridine rings is 1. The number of nitrogens with one attached hydrogen (secondary N) is 2. The number of aromatic nitrogens is 1. The Labute approximate surface area is 131 Å². The van der Waals surface area contributed by atoms with Crippen LogP contribution in [0.3, 0.4) is 0 Å². The van der Waals surface area contributed by atoms with Crippen molar-refractivity contribution in [3.05, 3.63) is 18.3 Å². The van der Waals surface area contributed by atoms with Crippen LogP contribution < -0.4 is 10.6 Å². The van der Waals surface area contributed by atoms with Gasteiger partial charge in [0, 0.05) is 32.1 Å². The first-order valence-corrected chi connectivity index (χ1v) is 9.17. The molecule has 2 heterocycles. The topological polar surface area (TPSA) is 91.4 Å². The molecule has 7 nitrogen and oxygen atoms in total. The second kappa shape index (κ2) is 7.06. The van der Waals surface area contributed by atoms with E-state index in [1.54, 1.807) is 0 Å². The Balaban J connectivity index is 1.80. The predicted molar refractivity (Wildman–Crippen MR) is 84.6 cm³/mol. The van der Waals surface area contributed by atoms with Gasteiger partial charge in [0.05, 0.1) is 4.90 Å². The molecule has 2 amide bonds. The van der Waals surface area contributed by atoms with Gasteiger partial charge < -0.3 is 10.2 Å². The van der Waals surface area contributed by atoms with Gasteiger partial charge in [-0.05, 0) is 31.0 Å². The molecule has 8 heteroatoms. The zero-order valence-corrected chi connectivity index (χ0v) is 13.7. The van der Waals surface area contributed by atoms with Crippen LogP contribution in [0.2, 0.25) is 0 Å². The number of carbonyl (C=O) groups excluding carboxylic acids is 1. The minimum atomic E-state index is -3.31. The molecule has 0 bridgehead atoms. The van der Waals surface area contributed by atoms with E-state index in [1.807, 2.05) is 0 Å². The molecule has 1 aromatic rings. The zero-order valence-electron chi connectivity index (χ0n) is 12.9. The van der Waals surface area contributed by atoms with Gasteiger partial charge in [0.2, 0.25) is 0 Å². The number of carbonyl (C=O) groups is 1. The maximum atomic E-state index is 11.8. The average Bonchev–Trinajstić information content (AvgIpc) is 2.84. The van der Waals surface area contributed by atoms with Crippen molar-refractivity contribution in [2.45, 2.75) is 18.2 Å². The van der Waals surface area contributed by atoms with Crippen LogP contribution in [-0.4, -0.2) is 56.8 Å². The van der Waals surface area contributed by atoms with Crippen molar-refractivity contribution < 1.29 is 13.2 Å². The normalized spacial score (nSPS) is 19.1. The van der Waals surface area contributed by atoms with Crippen LogP contribution in [0.1, 0.15) is 13.3 Å². The zero-order chi connectivity index (χ0) is 16.2. The number of amides is 2. The summed E-state index contributed by atoms with van der Waals surface area (Å²) in [4.78, 5) is 18.2. The molecule has 2 rings (SSSR count). The molecule has 122 valence electrons. The summed E-state index contributed by atoms with van der Waals surface area (Å²) in [7, 11) is -3.31. The molecule has 0 spiro atoms. The van der Waals surface area contributed by atoms with Crippen molar-refractivity contribution in [3.63, 3.8) is 0 Å². The highest BCUT2D eigenvalue weighted by Crippen LogP contribution is 2.14. The fourth-order valence-electron chi connectivity index (χ4n) is 2.43. The maximum absolute atomic E-state index is 11.8. The number of anilines is 1. The van der Waals surface area contributed by atoms with Crippen molar-refractivity contribution in [1.82, 2.24) is 15.2 Å². The molecule has 1 aromatic heterocycles. The average molecular weight is 326 g/mol. The summed E-state index contributed by atoms with van der Waals surface area (Å²) in [5, 5.41) is 5.29. The highest BCUT2D eigenvalue weighted by Gasteiger charge is 2.18. The fraction of sp³-hybridized carbons (Fsp3) is 0.571. The quantitative estimate of drug-likeness (QED) is 0.840. The van der Waals surface area contributed by atoms with E-state index in [9.17, 15) is 13.2 Å². The van der Waals surface area contributed by atoms with Gasteiger partial charge in [0.25, 0.3) is 0 Å². The van der Waals surface area contributed by atoms with E-state index < -0.39 is 9.84 Å². The Kier molecular flexibility index (Phi) is 5.36. The minimum Gasteiger partial charge on any atom is -0.337 e. The first kappa shape index (κ1) is 16.7. The van der Waals surface area contributed by atoms with Crippen LogP contribution in [0.5, 0.6) is 0 Å². The number of urea groups is 1. The van der Waals surface area contributed by atoms with E-state index in [0.717, 1.165) is 31.8 Å². The lowest BCUT2D eigenvalue weighted by Crippen LogP contribution is -2.36. The summed E-state index contributed by atoms with van der Waals surface area (Å²) in [5.41, 5.74) is 0. The van der Waals surface area contributed by atoms with E-state index in [-0.39, 0.29) is 16.7 Å². The SMILES string of the molecule is CC1CCN(CCNC(=O)Nc2cc(S(C)(=O)=O)ccn2)C1. The van der Waals surface area contributed by atoms with Crippen molar-refractivity contribution in [1.29, 1.82) is 0 Å². The Bertz CT molecular complexity index is 633. The molecule has 1 aliphatic rings. The predicted octanol–water partition coefficient (Wildman–Crippen LogP) is 0.948. The molecule has 1 fully saturated rings. The highest BCUT2D eigenvalue weighted by molar-refractivity contribution is 7.90. The summed E-state index contributed by atoms with van der Waals surface area (Å²) < 4.78 is 22.9. The smallest absolute Gasteiger partial charge is 0.320 e. The second-order valence-corrected chi connectivity index (χ2v) is 7.74. The molecule has 0 saturated carbocycles. The van der Waals surface area contributed by atoms with Crippen LogP contribution >= 0.6 is 0 Å². The van der Waals surface area contributed by atoms with Crippen LogP contribution in [-0.2, 0) is 9.84 Å². The number of hydrogen-bond acceptors (Lipinski definition) is 5. The third kappa shape index (κ3) is 4.96. The van der Waals surface area contributed by atoms with Gasteiger partial charge in [-0.25, -0.2) is 18.2 Å². The van der Waals surface area contributed by atoms with E-state index >= 15 is 0 Å². The first-order chi connectivity index (χ1) is 10.3. The monoisotopic (exact) mass is 326 g/mol. The molecule has 1 unspecified atom stereocenters.